The molecule has 2 fully saturated rings. The summed E-state index contributed by atoms with van der Waals surface area (Å²) in [6.45, 7) is 8.82. The van der Waals surface area contributed by atoms with Crippen LogP contribution in [0, 0.1) is 29.1 Å². The summed E-state index contributed by atoms with van der Waals surface area (Å²) >= 11 is 0. The van der Waals surface area contributed by atoms with E-state index in [1.54, 1.807) is 4.90 Å². The summed E-state index contributed by atoms with van der Waals surface area (Å²) in [4.78, 5) is 27.4. The summed E-state index contributed by atoms with van der Waals surface area (Å²) in [6, 6.07) is 8.41. The third-order valence-electron chi connectivity index (χ3n) is 7.85. The Hall–Kier alpha value is -2.37. The van der Waals surface area contributed by atoms with Crippen molar-refractivity contribution >= 4 is 17.8 Å². The zero-order valence-electron chi connectivity index (χ0n) is 18.5. The lowest BCUT2D eigenvalue weighted by Crippen LogP contribution is -2.62. The zero-order chi connectivity index (χ0) is 21.6. The fourth-order valence-corrected chi connectivity index (χ4v) is 5.48. The first-order valence-corrected chi connectivity index (χ1v) is 11.4. The second-order valence-electron chi connectivity index (χ2n) is 9.56. The molecule has 4 rings (SSSR count). The summed E-state index contributed by atoms with van der Waals surface area (Å²) in [5.41, 5.74) is 2.25. The molecule has 1 aromatic carbocycles. The summed E-state index contributed by atoms with van der Waals surface area (Å²) in [5, 5.41) is 14.9. The van der Waals surface area contributed by atoms with E-state index in [1.807, 2.05) is 6.07 Å². The van der Waals surface area contributed by atoms with Crippen LogP contribution in [0.1, 0.15) is 64.1 Å². The molecule has 3 N–H and O–H groups in total. The lowest BCUT2D eigenvalue weighted by molar-refractivity contribution is -0.131. The molecule has 1 aromatic rings. The minimum atomic E-state index is -0.303. The van der Waals surface area contributed by atoms with Crippen LogP contribution >= 0.6 is 0 Å². The number of hydrogen-bond donors (Lipinski definition) is 3. The number of hydrogen-bond acceptors (Lipinski definition) is 3. The monoisotopic (exact) mass is 410 g/mol. The highest BCUT2D eigenvalue weighted by Crippen LogP contribution is 2.48. The first-order chi connectivity index (χ1) is 14.3. The molecule has 30 heavy (non-hydrogen) atoms. The molecule has 0 spiro atoms. The Balaban J connectivity index is 1.39. The molecule has 1 heterocycles. The molecular formula is C24H34N4O2. The van der Waals surface area contributed by atoms with Crippen molar-refractivity contribution in [2.45, 2.75) is 65.0 Å². The molecule has 2 amide bonds. The maximum absolute atomic E-state index is 13.1. The Morgan fingerprint density at radius 1 is 1.27 bits per heavy atom. The van der Waals surface area contributed by atoms with Gasteiger partial charge in [0, 0.05) is 18.0 Å². The zero-order valence-corrected chi connectivity index (χ0v) is 18.5. The van der Waals surface area contributed by atoms with E-state index in [0.717, 1.165) is 19.3 Å². The molecule has 3 unspecified atom stereocenters. The molecule has 6 nitrogen and oxygen atoms in total. The van der Waals surface area contributed by atoms with E-state index in [-0.39, 0.29) is 47.1 Å². The van der Waals surface area contributed by atoms with Gasteiger partial charge in [0.1, 0.15) is 0 Å². The minimum Gasteiger partial charge on any atom is -0.350 e. The molecule has 3 aliphatic rings. The molecule has 2 aliphatic carbocycles. The van der Waals surface area contributed by atoms with E-state index >= 15 is 0 Å². The highest BCUT2D eigenvalue weighted by Gasteiger charge is 2.54. The summed E-state index contributed by atoms with van der Waals surface area (Å²) in [7, 11) is 0. The fourth-order valence-electron chi connectivity index (χ4n) is 5.48. The van der Waals surface area contributed by atoms with Crippen molar-refractivity contribution in [1.82, 2.24) is 15.5 Å². The van der Waals surface area contributed by atoms with Crippen LogP contribution in [-0.4, -0.2) is 34.8 Å². The maximum atomic E-state index is 13.1. The Labute approximate surface area is 179 Å². The van der Waals surface area contributed by atoms with Crippen LogP contribution in [0.25, 0.3) is 0 Å². The summed E-state index contributed by atoms with van der Waals surface area (Å²) in [6.07, 6.45) is 3.04. The van der Waals surface area contributed by atoms with Crippen molar-refractivity contribution in [3.05, 3.63) is 35.4 Å². The molecule has 5 atom stereocenters. The van der Waals surface area contributed by atoms with Gasteiger partial charge in [0.2, 0.25) is 11.8 Å². The van der Waals surface area contributed by atoms with Gasteiger partial charge >= 0.3 is 0 Å². The fraction of sp³-hybridized carbons (Fsp3) is 0.625. The predicted octanol–water partition coefficient (Wildman–Crippen LogP) is 3.23. The first-order valence-electron chi connectivity index (χ1n) is 11.4. The van der Waals surface area contributed by atoms with E-state index in [2.05, 4.69) is 56.5 Å². The SMILES string of the molecule is CCC1(CC)CC(=O)N(CC2C(C)C2C(=O)N[C@@H]2c3ccccc3C[C@@H]2C)C(=N)N1. The number of nitrogens with one attached hydrogen (secondary N) is 3. The Kier molecular flexibility index (Phi) is 5.37. The van der Waals surface area contributed by atoms with Crippen molar-refractivity contribution in [2.24, 2.45) is 23.7 Å². The molecule has 6 heteroatoms. The minimum absolute atomic E-state index is 0.000879. The van der Waals surface area contributed by atoms with Crippen molar-refractivity contribution in [3.8, 4) is 0 Å². The van der Waals surface area contributed by atoms with Crippen LogP contribution < -0.4 is 10.6 Å². The van der Waals surface area contributed by atoms with Crippen molar-refractivity contribution in [2.75, 3.05) is 6.54 Å². The number of rotatable bonds is 6. The van der Waals surface area contributed by atoms with Crippen molar-refractivity contribution < 1.29 is 9.59 Å². The quantitative estimate of drug-likeness (QED) is 0.673. The molecule has 0 aromatic heterocycles. The average Bonchev–Trinajstić information content (AvgIpc) is 3.26. The van der Waals surface area contributed by atoms with Crippen LogP contribution in [0.3, 0.4) is 0 Å². The van der Waals surface area contributed by atoms with Crippen LogP contribution in [-0.2, 0) is 16.0 Å². The van der Waals surface area contributed by atoms with Crippen LogP contribution in [0.5, 0.6) is 0 Å². The summed E-state index contributed by atoms with van der Waals surface area (Å²) < 4.78 is 0. The third kappa shape index (κ3) is 3.50. The Bertz CT molecular complexity index is 843. The van der Waals surface area contributed by atoms with Gasteiger partial charge in [-0.1, -0.05) is 52.0 Å². The number of carbonyl (C=O) groups excluding carboxylic acids is 2. The van der Waals surface area contributed by atoms with Gasteiger partial charge in [-0.25, -0.2) is 0 Å². The molecule has 1 saturated heterocycles. The molecular weight excluding hydrogens is 376 g/mol. The van der Waals surface area contributed by atoms with E-state index in [0.29, 0.717) is 18.9 Å². The second kappa shape index (κ2) is 7.71. The first kappa shape index (κ1) is 20.9. The van der Waals surface area contributed by atoms with E-state index < -0.39 is 0 Å². The standard InChI is InChI=1S/C24H34N4O2/c1-5-24(6-2)12-19(29)28(23(25)27-24)13-18-15(4)20(18)22(30)26-21-14(3)11-16-9-7-8-10-17(16)21/h7-10,14-15,18,20-21H,5-6,11-13H2,1-4H3,(H2,25,27)(H,26,30)/t14-,15?,18?,20?,21-/m0/s1. The largest absolute Gasteiger partial charge is 0.350 e. The molecule has 1 aliphatic heterocycles. The normalized spacial score (nSPS) is 31.9. The number of fused-ring (bicyclic) bond motifs is 1. The highest BCUT2D eigenvalue weighted by molar-refractivity contribution is 5.99. The lowest BCUT2D eigenvalue weighted by atomic mass is 9.87. The molecule has 0 bridgehead atoms. The van der Waals surface area contributed by atoms with Crippen molar-refractivity contribution in [1.29, 1.82) is 5.41 Å². The van der Waals surface area contributed by atoms with Crippen LogP contribution in [0.4, 0.5) is 0 Å². The van der Waals surface area contributed by atoms with Gasteiger partial charge < -0.3 is 10.6 Å². The van der Waals surface area contributed by atoms with Gasteiger partial charge in [-0.15, -0.1) is 0 Å². The van der Waals surface area contributed by atoms with Gasteiger partial charge in [0.15, 0.2) is 5.96 Å². The maximum Gasteiger partial charge on any atom is 0.231 e. The van der Waals surface area contributed by atoms with E-state index in [4.69, 9.17) is 5.41 Å². The van der Waals surface area contributed by atoms with Gasteiger partial charge in [-0.2, -0.15) is 0 Å². The van der Waals surface area contributed by atoms with E-state index in [1.165, 1.54) is 11.1 Å². The Morgan fingerprint density at radius 3 is 2.63 bits per heavy atom. The average molecular weight is 411 g/mol. The topological polar surface area (TPSA) is 85.3 Å². The number of nitrogens with zero attached hydrogens (tertiary/aromatic N) is 1. The number of guanidine groups is 1. The van der Waals surface area contributed by atoms with Gasteiger partial charge in [-0.3, -0.25) is 19.9 Å². The molecule has 162 valence electrons. The third-order valence-corrected chi connectivity index (χ3v) is 7.85. The lowest BCUT2D eigenvalue weighted by Gasteiger charge is -2.42. The van der Waals surface area contributed by atoms with E-state index in [9.17, 15) is 9.59 Å². The summed E-state index contributed by atoms with van der Waals surface area (Å²) in [5.74, 6) is 0.901. The smallest absolute Gasteiger partial charge is 0.231 e. The second-order valence-corrected chi connectivity index (χ2v) is 9.56. The van der Waals surface area contributed by atoms with Gasteiger partial charge in [0.25, 0.3) is 0 Å². The number of benzene rings is 1. The van der Waals surface area contributed by atoms with Crippen molar-refractivity contribution in [3.63, 3.8) is 0 Å². The van der Waals surface area contributed by atoms with Gasteiger partial charge in [0.05, 0.1) is 12.5 Å². The highest BCUT2D eigenvalue weighted by atomic mass is 16.2. The Morgan fingerprint density at radius 2 is 1.97 bits per heavy atom. The van der Waals surface area contributed by atoms with Crippen LogP contribution in [0.2, 0.25) is 0 Å². The molecule has 1 saturated carbocycles. The number of amides is 2. The van der Waals surface area contributed by atoms with Crippen LogP contribution in [0.15, 0.2) is 24.3 Å². The number of carbonyl (C=O) groups is 2. The van der Waals surface area contributed by atoms with Gasteiger partial charge in [-0.05, 0) is 48.1 Å². The predicted molar refractivity (Wildman–Crippen MR) is 117 cm³/mol. The molecule has 0 radical (unpaired) electrons.